The molecule has 0 saturated carbocycles. The van der Waals surface area contributed by atoms with Crippen LogP contribution in [0.1, 0.15) is 29.3 Å². The number of ketones is 1. The zero-order valence-corrected chi connectivity index (χ0v) is 13.1. The summed E-state index contributed by atoms with van der Waals surface area (Å²) in [6.45, 7) is 1.75. The highest BCUT2D eigenvalue weighted by Gasteiger charge is 2.14. The van der Waals surface area contributed by atoms with E-state index in [1.165, 1.54) is 13.3 Å². The van der Waals surface area contributed by atoms with Crippen LogP contribution in [-0.4, -0.2) is 29.8 Å². The van der Waals surface area contributed by atoms with Gasteiger partial charge in [0.25, 0.3) is 0 Å². The molecule has 120 valence electrons. The first-order valence-electron chi connectivity index (χ1n) is 7.19. The zero-order valence-electron chi connectivity index (χ0n) is 13.1. The van der Waals surface area contributed by atoms with Crippen molar-refractivity contribution in [1.82, 2.24) is 4.98 Å². The van der Waals surface area contributed by atoms with Gasteiger partial charge in [-0.2, -0.15) is 0 Å². The number of nitrogens with one attached hydrogen (secondary N) is 1. The van der Waals surface area contributed by atoms with E-state index in [0.29, 0.717) is 22.6 Å². The molecule has 1 aromatic carbocycles. The second-order valence-electron chi connectivity index (χ2n) is 5.22. The van der Waals surface area contributed by atoms with Gasteiger partial charge in [0.2, 0.25) is 5.91 Å². The minimum atomic E-state index is -0.249. The van der Waals surface area contributed by atoms with E-state index < -0.39 is 0 Å². The van der Waals surface area contributed by atoms with Crippen molar-refractivity contribution in [2.24, 2.45) is 5.73 Å². The number of rotatable bonds is 6. The molecule has 1 heterocycles. The number of carbonyl (C=O) groups excluding carboxylic acids is 2. The Morgan fingerprint density at radius 1 is 1.30 bits per heavy atom. The number of ether oxygens (including phenoxy) is 1. The highest BCUT2D eigenvalue weighted by atomic mass is 16.5. The molecule has 6 nitrogen and oxygen atoms in total. The molecule has 1 aromatic heterocycles. The summed E-state index contributed by atoms with van der Waals surface area (Å²) in [5.41, 5.74) is 6.97. The maximum Gasteiger partial charge on any atom is 0.226 e. The highest BCUT2D eigenvalue weighted by Crippen LogP contribution is 2.26. The largest absolute Gasteiger partial charge is 0.495 e. The number of aromatic nitrogens is 1. The van der Waals surface area contributed by atoms with E-state index in [4.69, 9.17) is 10.5 Å². The summed E-state index contributed by atoms with van der Waals surface area (Å²) >= 11 is 0. The standard InChI is InChI=1S/C17H19N3O3/c1-11(18)8-16(21)20-14-9-12(5-6-15(14)23-2)17(22)13-4-3-7-19-10-13/h3-7,9-11H,8,18H2,1-2H3,(H,20,21). The molecular weight excluding hydrogens is 294 g/mol. The molecule has 0 aliphatic carbocycles. The Hall–Kier alpha value is -2.73. The van der Waals surface area contributed by atoms with Crippen molar-refractivity contribution >= 4 is 17.4 Å². The third kappa shape index (κ3) is 4.37. The lowest BCUT2D eigenvalue weighted by molar-refractivity contribution is -0.116. The van der Waals surface area contributed by atoms with Crippen molar-refractivity contribution in [3.63, 3.8) is 0 Å². The van der Waals surface area contributed by atoms with Crippen LogP contribution in [0.3, 0.4) is 0 Å². The Kier molecular flexibility index (Phi) is 5.43. The van der Waals surface area contributed by atoms with Crippen molar-refractivity contribution in [3.05, 3.63) is 53.9 Å². The first-order valence-corrected chi connectivity index (χ1v) is 7.19. The summed E-state index contributed by atoms with van der Waals surface area (Å²) < 4.78 is 5.22. The molecule has 0 aliphatic rings. The van der Waals surface area contributed by atoms with Crippen LogP contribution in [0.2, 0.25) is 0 Å². The van der Waals surface area contributed by atoms with E-state index in [9.17, 15) is 9.59 Å². The van der Waals surface area contributed by atoms with Crippen molar-refractivity contribution in [2.45, 2.75) is 19.4 Å². The minimum absolute atomic E-state index is 0.177. The molecule has 6 heteroatoms. The number of hydrogen-bond acceptors (Lipinski definition) is 5. The van der Waals surface area contributed by atoms with Gasteiger partial charge in [-0.1, -0.05) is 0 Å². The molecule has 1 atom stereocenters. The van der Waals surface area contributed by atoms with Gasteiger partial charge in [0.1, 0.15) is 5.75 Å². The lowest BCUT2D eigenvalue weighted by Gasteiger charge is -2.12. The minimum Gasteiger partial charge on any atom is -0.495 e. The molecule has 3 N–H and O–H groups in total. The Bertz CT molecular complexity index is 699. The summed E-state index contributed by atoms with van der Waals surface area (Å²) in [7, 11) is 1.50. The van der Waals surface area contributed by atoms with Gasteiger partial charge in [0.05, 0.1) is 12.8 Å². The summed E-state index contributed by atoms with van der Waals surface area (Å²) in [5, 5.41) is 2.73. The van der Waals surface area contributed by atoms with E-state index >= 15 is 0 Å². The summed E-state index contributed by atoms with van der Waals surface area (Å²) in [4.78, 5) is 28.3. The van der Waals surface area contributed by atoms with Gasteiger partial charge in [0, 0.05) is 36.0 Å². The second-order valence-corrected chi connectivity index (χ2v) is 5.22. The molecule has 0 saturated heterocycles. The highest BCUT2D eigenvalue weighted by molar-refractivity contribution is 6.09. The number of carbonyl (C=O) groups is 2. The van der Waals surface area contributed by atoms with E-state index in [1.807, 2.05) is 0 Å². The molecule has 1 unspecified atom stereocenters. The van der Waals surface area contributed by atoms with Crippen LogP contribution in [0, 0.1) is 0 Å². The monoisotopic (exact) mass is 313 g/mol. The topological polar surface area (TPSA) is 94.3 Å². The lowest BCUT2D eigenvalue weighted by atomic mass is 10.0. The molecular formula is C17H19N3O3. The average molecular weight is 313 g/mol. The number of pyridine rings is 1. The summed E-state index contributed by atoms with van der Waals surface area (Å²) in [5.74, 6) is 0.0680. The van der Waals surface area contributed by atoms with Crippen LogP contribution in [0.5, 0.6) is 5.75 Å². The van der Waals surface area contributed by atoms with Crippen molar-refractivity contribution in [2.75, 3.05) is 12.4 Å². The van der Waals surface area contributed by atoms with E-state index in [0.717, 1.165) is 0 Å². The fraction of sp³-hybridized carbons (Fsp3) is 0.235. The van der Waals surface area contributed by atoms with E-state index in [2.05, 4.69) is 10.3 Å². The zero-order chi connectivity index (χ0) is 16.8. The lowest BCUT2D eigenvalue weighted by Crippen LogP contribution is -2.24. The van der Waals surface area contributed by atoms with Crippen LogP contribution in [-0.2, 0) is 4.79 Å². The van der Waals surface area contributed by atoms with Crippen molar-refractivity contribution in [3.8, 4) is 5.75 Å². The van der Waals surface area contributed by atoms with Gasteiger partial charge >= 0.3 is 0 Å². The van der Waals surface area contributed by atoms with Crippen molar-refractivity contribution in [1.29, 1.82) is 0 Å². The number of hydrogen-bond donors (Lipinski definition) is 2. The number of nitrogens with two attached hydrogens (primary N) is 1. The molecule has 0 radical (unpaired) electrons. The third-order valence-corrected chi connectivity index (χ3v) is 3.17. The van der Waals surface area contributed by atoms with Gasteiger partial charge < -0.3 is 15.8 Å². The number of benzene rings is 1. The van der Waals surface area contributed by atoms with Crippen LogP contribution in [0.4, 0.5) is 5.69 Å². The van der Waals surface area contributed by atoms with E-state index in [-0.39, 0.29) is 24.2 Å². The quantitative estimate of drug-likeness (QED) is 0.795. The first-order chi connectivity index (χ1) is 11.0. The Balaban J connectivity index is 2.28. The third-order valence-electron chi connectivity index (χ3n) is 3.17. The van der Waals surface area contributed by atoms with Gasteiger partial charge in [-0.15, -0.1) is 0 Å². The molecule has 0 aliphatic heterocycles. The first kappa shape index (κ1) is 16.6. The average Bonchev–Trinajstić information content (AvgIpc) is 2.54. The van der Waals surface area contributed by atoms with Gasteiger partial charge in [0.15, 0.2) is 5.78 Å². The maximum absolute atomic E-state index is 12.4. The SMILES string of the molecule is COc1ccc(C(=O)c2cccnc2)cc1NC(=O)CC(C)N. The van der Waals surface area contributed by atoms with Crippen LogP contribution in [0.15, 0.2) is 42.7 Å². The maximum atomic E-state index is 12.4. The molecule has 2 rings (SSSR count). The van der Waals surface area contributed by atoms with Crippen LogP contribution in [0.25, 0.3) is 0 Å². The fourth-order valence-electron chi connectivity index (χ4n) is 2.10. The van der Waals surface area contributed by atoms with Crippen LogP contribution >= 0.6 is 0 Å². The molecule has 1 amide bonds. The number of anilines is 1. The van der Waals surface area contributed by atoms with Crippen molar-refractivity contribution < 1.29 is 14.3 Å². The van der Waals surface area contributed by atoms with Crippen LogP contribution < -0.4 is 15.8 Å². The smallest absolute Gasteiger partial charge is 0.226 e. The fourth-order valence-corrected chi connectivity index (χ4v) is 2.10. The number of nitrogens with zero attached hydrogens (tertiary/aromatic N) is 1. The number of amides is 1. The Labute approximate surface area is 134 Å². The molecule has 2 aromatic rings. The number of methoxy groups -OCH3 is 1. The molecule has 0 bridgehead atoms. The Morgan fingerprint density at radius 3 is 2.70 bits per heavy atom. The van der Waals surface area contributed by atoms with E-state index in [1.54, 1.807) is 43.5 Å². The molecule has 0 spiro atoms. The van der Waals surface area contributed by atoms with Gasteiger partial charge in [-0.3, -0.25) is 14.6 Å². The Morgan fingerprint density at radius 2 is 2.09 bits per heavy atom. The summed E-state index contributed by atoms with van der Waals surface area (Å²) in [6.07, 6.45) is 3.29. The van der Waals surface area contributed by atoms with Gasteiger partial charge in [-0.25, -0.2) is 0 Å². The van der Waals surface area contributed by atoms with Gasteiger partial charge in [-0.05, 0) is 37.3 Å². The predicted octanol–water partition coefficient (Wildman–Crippen LogP) is 2.00. The molecule has 23 heavy (non-hydrogen) atoms. The molecule has 0 fully saturated rings. The normalized spacial score (nSPS) is 11.6. The second kappa shape index (κ2) is 7.51. The summed E-state index contributed by atoms with van der Waals surface area (Å²) in [6, 6.07) is 8.02. The predicted molar refractivity (Wildman–Crippen MR) is 87.6 cm³/mol.